The molecular formula is C49H57N9O6S2. The molecule has 8 rings (SSSR count). The highest BCUT2D eigenvalue weighted by atomic mass is 32.2. The molecule has 2 saturated heterocycles. The van der Waals surface area contributed by atoms with E-state index >= 15 is 0 Å². The van der Waals surface area contributed by atoms with Crippen LogP contribution in [0.5, 0.6) is 5.75 Å². The van der Waals surface area contributed by atoms with Crippen LogP contribution in [0.4, 0.5) is 22.9 Å². The van der Waals surface area contributed by atoms with Gasteiger partial charge in [-0.3, -0.25) is 24.6 Å². The number of nitro benzene ring substituents is 1. The van der Waals surface area contributed by atoms with E-state index < -0.39 is 14.9 Å². The fraction of sp³-hybridized carbons (Fsp3) is 0.347. The van der Waals surface area contributed by atoms with Crippen LogP contribution in [0.25, 0.3) is 22.0 Å². The normalized spacial score (nSPS) is 15.5. The summed E-state index contributed by atoms with van der Waals surface area (Å²) >= 11 is 1.67. The molecule has 1 aromatic heterocycles. The summed E-state index contributed by atoms with van der Waals surface area (Å²) in [6, 6.07) is 36.4. The van der Waals surface area contributed by atoms with E-state index in [0.29, 0.717) is 36.5 Å². The number of thioether (sulfide) groups is 1. The van der Waals surface area contributed by atoms with Gasteiger partial charge >= 0.3 is 0 Å². The molecule has 0 unspecified atom stereocenters. The number of benzene rings is 5. The van der Waals surface area contributed by atoms with Gasteiger partial charge in [-0.25, -0.2) is 18.4 Å². The molecule has 15 nitrogen and oxygen atoms in total. The summed E-state index contributed by atoms with van der Waals surface area (Å²) in [6.07, 6.45) is 2.06. The largest absolute Gasteiger partial charge is 0.492 e. The van der Waals surface area contributed by atoms with Gasteiger partial charge in [-0.15, -0.1) is 11.8 Å². The highest BCUT2D eigenvalue weighted by Crippen LogP contribution is 2.33. The Hall–Kier alpha value is -5.82. The minimum absolute atomic E-state index is 0.0903. The lowest BCUT2D eigenvalue weighted by Gasteiger charge is -2.36. The lowest BCUT2D eigenvalue weighted by Crippen LogP contribution is -2.46. The number of nitrogens with one attached hydrogen (secondary N) is 2. The molecular weight excluding hydrogens is 875 g/mol. The second-order valence-corrected chi connectivity index (χ2v) is 19.5. The van der Waals surface area contributed by atoms with Gasteiger partial charge in [-0.2, -0.15) is 0 Å². The van der Waals surface area contributed by atoms with Gasteiger partial charge in [0.2, 0.25) is 0 Å². The average molecular weight is 932 g/mol. The maximum absolute atomic E-state index is 13.9. The van der Waals surface area contributed by atoms with E-state index in [1.165, 1.54) is 29.6 Å². The van der Waals surface area contributed by atoms with Crippen molar-refractivity contribution in [2.75, 3.05) is 107 Å². The van der Waals surface area contributed by atoms with Crippen molar-refractivity contribution in [3.05, 3.63) is 137 Å². The van der Waals surface area contributed by atoms with Gasteiger partial charge in [0.15, 0.2) is 5.82 Å². The van der Waals surface area contributed by atoms with Gasteiger partial charge in [0.25, 0.3) is 15.7 Å². The van der Waals surface area contributed by atoms with Crippen molar-refractivity contribution in [3.63, 3.8) is 0 Å². The first-order valence-electron chi connectivity index (χ1n) is 22.3. The summed E-state index contributed by atoms with van der Waals surface area (Å²) in [5.41, 5.74) is 5.12. The molecule has 2 N–H and O–H groups in total. The number of hydrogen-bond acceptors (Lipinski definition) is 14. The molecule has 66 heavy (non-hydrogen) atoms. The van der Waals surface area contributed by atoms with Gasteiger partial charge in [0.1, 0.15) is 24.4 Å². The fourth-order valence-corrected chi connectivity index (χ4v) is 10.2. The fourth-order valence-electron chi connectivity index (χ4n) is 8.18. The van der Waals surface area contributed by atoms with Crippen LogP contribution in [-0.4, -0.2) is 136 Å². The molecule has 6 aromatic rings. The minimum Gasteiger partial charge on any atom is -0.492 e. The van der Waals surface area contributed by atoms with Crippen LogP contribution in [0.3, 0.4) is 0 Å². The predicted molar refractivity (Wildman–Crippen MR) is 263 cm³/mol. The zero-order chi connectivity index (χ0) is 45.9. The van der Waals surface area contributed by atoms with Gasteiger partial charge in [-0.05, 0) is 91.8 Å². The summed E-state index contributed by atoms with van der Waals surface area (Å²) in [5, 5.41) is 16.4. The monoisotopic (exact) mass is 931 g/mol. The maximum atomic E-state index is 13.9. The minimum atomic E-state index is -4.29. The Labute approximate surface area is 391 Å². The number of aromatic nitrogens is 2. The number of nitro groups is 1. The van der Waals surface area contributed by atoms with E-state index in [9.17, 15) is 18.5 Å². The Morgan fingerprint density at radius 3 is 2.38 bits per heavy atom. The number of hydrogen-bond donors (Lipinski definition) is 2. The molecule has 1 atom stereocenters. The van der Waals surface area contributed by atoms with Crippen LogP contribution in [0, 0.1) is 10.1 Å². The molecule has 2 aliphatic heterocycles. The molecule has 346 valence electrons. The number of piperazine rings is 1. The number of ether oxygens (including phenoxy) is 2. The van der Waals surface area contributed by atoms with Gasteiger partial charge < -0.3 is 24.6 Å². The van der Waals surface area contributed by atoms with Crippen molar-refractivity contribution in [2.24, 2.45) is 0 Å². The lowest BCUT2D eigenvalue weighted by molar-refractivity contribution is -0.384. The smallest absolute Gasteiger partial charge is 0.293 e. The number of anilines is 3. The van der Waals surface area contributed by atoms with Crippen molar-refractivity contribution in [2.45, 2.75) is 28.8 Å². The quantitative estimate of drug-likeness (QED) is 0.0439. The van der Waals surface area contributed by atoms with Crippen LogP contribution in [0.2, 0.25) is 0 Å². The summed E-state index contributed by atoms with van der Waals surface area (Å²) in [6.45, 7) is 9.49. The third-order valence-corrected chi connectivity index (χ3v) is 14.4. The van der Waals surface area contributed by atoms with Gasteiger partial charge in [0, 0.05) is 92.7 Å². The van der Waals surface area contributed by atoms with E-state index in [4.69, 9.17) is 9.47 Å². The Bertz CT molecular complexity index is 2660. The Morgan fingerprint density at radius 2 is 1.62 bits per heavy atom. The second-order valence-electron chi connectivity index (χ2n) is 16.8. The van der Waals surface area contributed by atoms with Crippen molar-refractivity contribution in [3.8, 4) is 16.9 Å². The van der Waals surface area contributed by atoms with E-state index in [0.717, 1.165) is 93.3 Å². The number of nitrogens with zero attached hydrogens (tertiary/aromatic N) is 7. The molecule has 0 saturated carbocycles. The Balaban J connectivity index is 0.907. The number of sulfonamides is 1. The van der Waals surface area contributed by atoms with E-state index in [2.05, 4.69) is 76.0 Å². The zero-order valence-corrected chi connectivity index (χ0v) is 39.1. The molecule has 17 heteroatoms. The number of fused-ring (bicyclic) bond motifs is 1. The number of morpholine rings is 1. The van der Waals surface area contributed by atoms with Crippen molar-refractivity contribution < 1.29 is 22.8 Å². The van der Waals surface area contributed by atoms with Gasteiger partial charge in [-0.1, -0.05) is 54.6 Å². The summed E-state index contributed by atoms with van der Waals surface area (Å²) in [7, 11) is -0.220. The molecule has 2 fully saturated rings. The summed E-state index contributed by atoms with van der Waals surface area (Å²) in [5.74, 6) is 1.61. The standard InChI is InChI=1S/C49H57N9O6S2/c1-54(2)26-31-64-41-15-12-37(13-16-41)44-11-7-6-8-38(44)34-56-22-24-57(25-23-56)40-14-18-45-47(32-40)50-36-51-49(45)53-66(61,62)43-17-19-46(48(33-43)58(59)60)52-39(20-21-55-27-29-63-30-28-55)35-65-42-9-4-3-5-10-42/h3-19,32-33,36,39,52H,20-31,34-35H2,1-2H3,(H,50,51,53)/t39-/m1/s1. The number of rotatable bonds is 20. The van der Waals surface area contributed by atoms with Crippen molar-refractivity contribution in [1.29, 1.82) is 0 Å². The van der Waals surface area contributed by atoms with E-state index in [-0.39, 0.29) is 28.1 Å². The molecule has 0 aliphatic carbocycles. The molecule has 2 aliphatic rings. The van der Waals surface area contributed by atoms with Gasteiger partial charge in [0.05, 0.1) is 28.5 Å². The van der Waals surface area contributed by atoms with Crippen LogP contribution in [-0.2, 0) is 21.3 Å². The third kappa shape index (κ3) is 12.3. The molecule has 0 amide bonds. The maximum Gasteiger partial charge on any atom is 0.293 e. The average Bonchev–Trinajstić information content (AvgIpc) is 3.33. The highest BCUT2D eigenvalue weighted by Gasteiger charge is 2.26. The Kier molecular flexibility index (Phi) is 15.6. The molecule has 0 radical (unpaired) electrons. The lowest BCUT2D eigenvalue weighted by atomic mass is 9.99. The van der Waals surface area contributed by atoms with E-state index in [1.54, 1.807) is 11.8 Å². The third-order valence-electron chi connectivity index (χ3n) is 11.9. The predicted octanol–water partition coefficient (Wildman–Crippen LogP) is 7.56. The molecule has 3 heterocycles. The first-order chi connectivity index (χ1) is 32.1. The van der Waals surface area contributed by atoms with Crippen LogP contribution in [0.15, 0.2) is 131 Å². The van der Waals surface area contributed by atoms with E-state index in [1.807, 2.05) is 74.8 Å². The molecule has 0 bridgehead atoms. The number of likely N-dealkylation sites (N-methyl/N-ethyl adjacent to an activating group) is 1. The highest BCUT2D eigenvalue weighted by molar-refractivity contribution is 7.99. The second kappa shape index (κ2) is 22.1. The van der Waals surface area contributed by atoms with Crippen LogP contribution in [0.1, 0.15) is 12.0 Å². The topological polar surface area (TPSA) is 159 Å². The Morgan fingerprint density at radius 1 is 0.864 bits per heavy atom. The SMILES string of the molecule is CN(C)CCOc1ccc(-c2ccccc2CN2CCN(c3ccc4c(NS(=O)(=O)c5ccc(N[C@H](CCN6CCOCC6)CSc6ccccc6)c([N+](=O)[O-])c5)ncnc4c3)CC2)cc1. The van der Waals surface area contributed by atoms with Crippen LogP contribution >= 0.6 is 11.8 Å². The molecule has 5 aromatic carbocycles. The molecule has 0 spiro atoms. The van der Waals surface area contributed by atoms with Crippen LogP contribution < -0.4 is 19.7 Å². The summed E-state index contributed by atoms with van der Waals surface area (Å²) < 4.78 is 41.8. The zero-order valence-electron chi connectivity index (χ0n) is 37.4. The van der Waals surface area contributed by atoms with Crippen molar-refractivity contribution >= 4 is 55.6 Å². The van der Waals surface area contributed by atoms with Crippen molar-refractivity contribution in [1.82, 2.24) is 24.7 Å². The first kappa shape index (κ1) is 46.7. The first-order valence-corrected chi connectivity index (χ1v) is 24.8. The summed E-state index contributed by atoms with van der Waals surface area (Å²) in [4.78, 5) is 30.8.